The van der Waals surface area contributed by atoms with Crippen molar-refractivity contribution in [3.8, 4) is 0 Å². The van der Waals surface area contributed by atoms with Crippen LogP contribution in [0.2, 0.25) is 0 Å². The van der Waals surface area contributed by atoms with Gasteiger partial charge in [0.2, 0.25) is 0 Å². The summed E-state index contributed by atoms with van der Waals surface area (Å²) >= 11 is 0. The van der Waals surface area contributed by atoms with Crippen molar-refractivity contribution in [1.29, 1.82) is 0 Å². The standard InChI is InChI=1S/C32H41NO.C31H37NO2.C30H35NO2.C26H37NO/c1-31(2,3)27-19-17-26(18-20-27)12-10-11-23-33-24-21-30(22-25-33)32(34,28-13-6-4-7-14-28)29-15-8-5-9-16-29;1-30(2,3)25-16-14-24(15-17-25)29(33)20-23-32-21-18-28(19-22-32)31(34,26-10-6-4-7-11-26)27-12-8-5-9-13-27;1-29(2,3)24-16-14-23(15-17-24)28(32)22-31-20-18-27(19-21-31)30(33,25-10-6-4-7-11-25)26-12-8-5-9-13-26;1-26(2,3)24-13-11-23(12-14-24)25(28)10-7-17-27-18-15-22(16-19-27)20-21-8-5-4-6-9-21/h4-9,13-20,30,34H,10-12,21-25H2,1-3H3;4-17,28,34H,18-23H2,1-3H3;4-17,27,33H,18-22H2,1-3H3;4-6,8-9,11-14,22,25,28H,7,10,15-20H2,1-3H3. The van der Waals surface area contributed by atoms with Crippen LogP contribution >= 0.6 is 0 Å². The van der Waals surface area contributed by atoms with Crippen LogP contribution in [-0.2, 0) is 51.3 Å². The number of aliphatic hydroxyl groups is 4. The number of unbranched alkanes of at least 4 members (excludes halogenated alkanes) is 1. The number of aryl methyl sites for hydroxylation is 1. The molecule has 0 radical (unpaired) electrons. The number of hydrogen-bond donors (Lipinski definition) is 4. The first-order chi connectivity index (χ1) is 61.8. The predicted molar refractivity (Wildman–Crippen MR) is 535 cm³/mol. The zero-order valence-corrected chi connectivity index (χ0v) is 79.8. The van der Waals surface area contributed by atoms with Crippen molar-refractivity contribution >= 4 is 11.6 Å². The Morgan fingerprint density at radius 1 is 0.295 bits per heavy atom. The Morgan fingerprint density at radius 2 is 0.574 bits per heavy atom. The van der Waals surface area contributed by atoms with E-state index < -0.39 is 16.8 Å². The van der Waals surface area contributed by atoms with Gasteiger partial charge in [-0.25, -0.2) is 0 Å². The molecule has 4 aliphatic rings. The molecule has 15 rings (SSSR count). The molecular formula is C119H150N4O6. The highest BCUT2D eigenvalue weighted by Gasteiger charge is 2.45. The monoisotopic (exact) mass is 1730 g/mol. The Balaban J connectivity index is 0.000000156. The highest BCUT2D eigenvalue weighted by atomic mass is 16.3. The SMILES string of the molecule is CC(C)(C)c1ccc(C(=O)CCN2CCC(C(O)(c3ccccc3)c3ccccc3)CC2)cc1.CC(C)(C)c1ccc(C(=O)CN2CCC(C(O)(c3ccccc3)c3ccccc3)CC2)cc1.CC(C)(C)c1ccc(C(O)CCCN2CCC(Cc3ccccc3)CC2)cc1.CC(C)(C)c1ccc(CCCCN2CCC(C(O)(c3ccccc3)c3ccccc3)CC2)cc1. The Bertz CT molecular complexity index is 4970. The summed E-state index contributed by atoms with van der Waals surface area (Å²) in [6.45, 7) is 38.0. The fourth-order valence-electron chi connectivity index (χ4n) is 19.8. The maximum atomic E-state index is 12.9. The summed E-state index contributed by atoms with van der Waals surface area (Å²) in [5.74, 6) is 1.65. The van der Waals surface area contributed by atoms with Gasteiger partial charge in [-0.15, -0.1) is 0 Å². The molecule has 0 aliphatic carbocycles. The van der Waals surface area contributed by atoms with E-state index in [1.165, 1.54) is 78.6 Å². The van der Waals surface area contributed by atoms with Gasteiger partial charge >= 0.3 is 0 Å². The number of benzene rings is 11. The van der Waals surface area contributed by atoms with Crippen molar-refractivity contribution in [2.45, 2.75) is 224 Å². The minimum atomic E-state index is -1.03. The van der Waals surface area contributed by atoms with Crippen LogP contribution in [0.4, 0.5) is 0 Å². The first kappa shape index (κ1) is 98.5. The second kappa shape index (κ2) is 46.0. The number of piperidine rings is 4. The summed E-state index contributed by atoms with van der Waals surface area (Å²) < 4.78 is 0. The molecule has 11 aromatic rings. The first-order valence-corrected chi connectivity index (χ1v) is 48.4. The molecule has 129 heavy (non-hydrogen) atoms. The Kier molecular flexibility index (Phi) is 35.1. The summed E-state index contributed by atoms with van der Waals surface area (Å²) in [5, 5.41) is 46.7. The van der Waals surface area contributed by atoms with Crippen LogP contribution in [0.1, 0.15) is 266 Å². The van der Waals surface area contributed by atoms with Gasteiger partial charge in [-0.3, -0.25) is 14.5 Å². The third-order valence-electron chi connectivity index (χ3n) is 28.2. The van der Waals surface area contributed by atoms with Crippen molar-refractivity contribution in [2.75, 3.05) is 78.5 Å². The molecule has 4 aliphatic heterocycles. The highest BCUT2D eigenvalue weighted by molar-refractivity contribution is 5.97. The maximum Gasteiger partial charge on any atom is 0.176 e. The van der Waals surface area contributed by atoms with Crippen LogP contribution in [0, 0.1) is 23.7 Å². The summed E-state index contributed by atoms with van der Waals surface area (Å²) in [5.41, 5.74) is 14.2. The molecule has 10 heteroatoms. The molecule has 10 nitrogen and oxygen atoms in total. The van der Waals surface area contributed by atoms with Crippen LogP contribution in [0.25, 0.3) is 0 Å². The molecule has 4 saturated heterocycles. The second-order valence-corrected chi connectivity index (χ2v) is 41.4. The number of likely N-dealkylation sites (tertiary alicyclic amines) is 4. The van der Waals surface area contributed by atoms with Crippen molar-refractivity contribution in [3.63, 3.8) is 0 Å². The molecule has 0 aromatic heterocycles. The largest absolute Gasteiger partial charge is 0.388 e. The van der Waals surface area contributed by atoms with Gasteiger partial charge in [0.05, 0.1) is 12.6 Å². The van der Waals surface area contributed by atoms with E-state index in [0.717, 1.165) is 173 Å². The second-order valence-electron chi connectivity index (χ2n) is 41.4. The third kappa shape index (κ3) is 27.3. The van der Waals surface area contributed by atoms with E-state index >= 15 is 0 Å². The lowest BCUT2D eigenvalue weighted by molar-refractivity contribution is -0.0144. The number of nitrogens with zero attached hydrogens (tertiary/aromatic N) is 4. The van der Waals surface area contributed by atoms with Gasteiger partial charge in [0.1, 0.15) is 16.8 Å². The Labute approximate surface area is 775 Å². The Hall–Kier alpha value is -9.56. The molecule has 1 unspecified atom stereocenters. The van der Waals surface area contributed by atoms with Crippen molar-refractivity contribution in [2.24, 2.45) is 23.7 Å². The number of ketones is 2. The van der Waals surface area contributed by atoms with E-state index in [1.807, 2.05) is 182 Å². The fraction of sp³-hybridized carbons (Fsp3) is 0.429. The predicted octanol–water partition coefficient (Wildman–Crippen LogP) is 24.7. The van der Waals surface area contributed by atoms with E-state index in [4.69, 9.17) is 0 Å². The number of hydrogen-bond acceptors (Lipinski definition) is 10. The summed E-state index contributed by atoms with van der Waals surface area (Å²) in [7, 11) is 0. The molecule has 4 N–H and O–H groups in total. The smallest absolute Gasteiger partial charge is 0.176 e. The maximum absolute atomic E-state index is 12.9. The van der Waals surface area contributed by atoms with Crippen molar-refractivity contribution < 1.29 is 30.0 Å². The van der Waals surface area contributed by atoms with Gasteiger partial charge in [-0.05, 0) is 273 Å². The summed E-state index contributed by atoms with van der Waals surface area (Å²) in [4.78, 5) is 35.5. The van der Waals surface area contributed by atoms with E-state index in [2.05, 4.69) is 230 Å². The van der Waals surface area contributed by atoms with Gasteiger partial charge in [0.15, 0.2) is 11.6 Å². The Morgan fingerprint density at radius 3 is 0.907 bits per heavy atom. The average molecular weight is 1730 g/mol. The molecule has 4 fully saturated rings. The van der Waals surface area contributed by atoms with Crippen LogP contribution < -0.4 is 0 Å². The lowest BCUT2D eigenvalue weighted by Crippen LogP contribution is -2.45. The van der Waals surface area contributed by atoms with Gasteiger partial charge in [-0.1, -0.05) is 392 Å². The lowest BCUT2D eigenvalue weighted by Gasteiger charge is -2.42. The first-order valence-electron chi connectivity index (χ1n) is 48.4. The average Bonchev–Trinajstić information content (AvgIpc) is 0.773. The molecular weight excluding hydrogens is 1580 g/mol. The fourth-order valence-corrected chi connectivity index (χ4v) is 19.8. The van der Waals surface area contributed by atoms with E-state index in [1.54, 1.807) is 0 Å². The minimum absolute atomic E-state index is 0.0811. The van der Waals surface area contributed by atoms with Crippen LogP contribution in [-0.4, -0.2) is 130 Å². The van der Waals surface area contributed by atoms with E-state index in [-0.39, 0.29) is 57.1 Å². The lowest BCUT2D eigenvalue weighted by atomic mass is 9.72. The zero-order valence-electron chi connectivity index (χ0n) is 79.8. The molecule has 682 valence electrons. The molecule has 4 heterocycles. The molecule has 0 bridgehead atoms. The minimum Gasteiger partial charge on any atom is -0.388 e. The quantitative estimate of drug-likeness (QED) is 0.0278. The van der Waals surface area contributed by atoms with Gasteiger partial charge in [-0.2, -0.15) is 0 Å². The van der Waals surface area contributed by atoms with E-state index in [9.17, 15) is 30.0 Å². The molecule has 0 amide bonds. The molecule has 0 saturated carbocycles. The number of Topliss-reactive ketones (excluding diaryl/α,β-unsaturated/α-hetero) is 2. The summed E-state index contributed by atoms with van der Waals surface area (Å²) in [6, 6.07) is 105. The van der Waals surface area contributed by atoms with Crippen LogP contribution in [0.3, 0.4) is 0 Å². The van der Waals surface area contributed by atoms with Crippen LogP contribution in [0.5, 0.6) is 0 Å². The third-order valence-corrected chi connectivity index (χ3v) is 28.2. The number of rotatable bonds is 28. The van der Waals surface area contributed by atoms with Gasteiger partial charge in [0.25, 0.3) is 0 Å². The number of carbonyl (C=O) groups is 2. The van der Waals surface area contributed by atoms with Gasteiger partial charge < -0.3 is 35.1 Å². The highest BCUT2D eigenvalue weighted by Crippen LogP contribution is 2.46. The summed E-state index contributed by atoms with van der Waals surface area (Å²) in [6.07, 6.45) is 15.0. The molecule has 0 spiro atoms. The number of aliphatic hydroxyl groups excluding tert-OH is 1. The van der Waals surface area contributed by atoms with Crippen LogP contribution in [0.15, 0.2) is 309 Å². The van der Waals surface area contributed by atoms with E-state index in [0.29, 0.717) is 13.0 Å². The molecule has 11 aromatic carbocycles. The topological polar surface area (TPSA) is 128 Å². The van der Waals surface area contributed by atoms with Crippen molar-refractivity contribution in [1.82, 2.24) is 19.6 Å². The number of carbonyl (C=O) groups excluding carboxylic acids is 2. The normalized spacial score (nSPS) is 16.3. The zero-order chi connectivity index (χ0) is 91.7. The van der Waals surface area contributed by atoms with Gasteiger partial charge in [0, 0.05) is 24.1 Å². The van der Waals surface area contributed by atoms with Crippen molar-refractivity contribution in [3.05, 3.63) is 393 Å². The molecule has 1 atom stereocenters.